The third-order valence-electron chi connectivity index (χ3n) is 3.08. The number of benzene rings is 1. The highest BCUT2D eigenvalue weighted by Crippen LogP contribution is 2.29. The molecule has 0 aromatic heterocycles. The number of aliphatic hydroxyl groups excluding tert-OH is 1. The van der Waals surface area contributed by atoms with Gasteiger partial charge in [-0.3, -0.25) is 4.79 Å². The summed E-state index contributed by atoms with van der Waals surface area (Å²) in [7, 11) is 1.13. The van der Waals surface area contributed by atoms with E-state index in [2.05, 4.69) is 10.1 Å². The summed E-state index contributed by atoms with van der Waals surface area (Å²) in [5.74, 6) is -1.24. The number of rotatable bonds is 7. The van der Waals surface area contributed by atoms with Crippen molar-refractivity contribution in [1.82, 2.24) is 5.32 Å². The smallest absolute Gasteiger partial charge is 0.416 e. The van der Waals surface area contributed by atoms with Crippen molar-refractivity contribution >= 4 is 11.9 Å². The summed E-state index contributed by atoms with van der Waals surface area (Å²) in [6.45, 7) is -0.177. The Morgan fingerprint density at radius 1 is 1.35 bits per heavy atom. The van der Waals surface area contributed by atoms with Gasteiger partial charge >= 0.3 is 12.1 Å². The van der Waals surface area contributed by atoms with E-state index in [4.69, 9.17) is 5.11 Å². The minimum absolute atomic E-state index is 0.00653. The molecule has 0 radical (unpaired) electrons. The van der Waals surface area contributed by atoms with Crippen molar-refractivity contribution < 1.29 is 32.6 Å². The van der Waals surface area contributed by atoms with Crippen molar-refractivity contribution in [2.75, 3.05) is 13.7 Å². The molecule has 8 heteroatoms. The molecule has 0 spiro atoms. The maximum atomic E-state index is 12.7. The highest BCUT2D eigenvalue weighted by molar-refractivity contribution is 5.84. The molecule has 0 saturated carbocycles. The largest absolute Gasteiger partial charge is 0.467 e. The molecule has 1 aromatic carbocycles. The number of esters is 1. The molecular formula is C15H18F3NO4. The number of hydrogen-bond acceptors (Lipinski definition) is 4. The average molecular weight is 333 g/mol. The number of nitrogens with one attached hydrogen (secondary N) is 1. The first kappa shape index (κ1) is 19.0. The van der Waals surface area contributed by atoms with E-state index in [1.165, 1.54) is 12.1 Å². The predicted octanol–water partition coefficient (Wildman–Crippen LogP) is 1.68. The number of methoxy groups -OCH3 is 1. The summed E-state index contributed by atoms with van der Waals surface area (Å²) in [5, 5.41) is 11.1. The van der Waals surface area contributed by atoms with Gasteiger partial charge in [0, 0.05) is 19.4 Å². The lowest BCUT2D eigenvalue weighted by Gasteiger charge is -2.17. The molecule has 23 heavy (non-hydrogen) atoms. The van der Waals surface area contributed by atoms with Crippen LogP contribution in [0, 0.1) is 0 Å². The fourth-order valence-corrected chi connectivity index (χ4v) is 1.95. The van der Waals surface area contributed by atoms with Gasteiger partial charge in [0.25, 0.3) is 0 Å². The van der Waals surface area contributed by atoms with Gasteiger partial charge in [0.1, 0.15) is 6.04 Å². The van der Waals surface area contributed by atoms with E-state index in [1.54, 1.807) is 0 Å². The molecule has 0 unspecified atom stereocenters. The molecule has 0 heterocycles. The van der Waals surface area contributed by atoms with E-state index < -0.39 is 29.7 Å². The van der Waals surface area contributed by atoms with Gasteiger partial charge in [0.2, 0.25) is 5.91 Å². The third kappa shape index (κ3) is 6.27. The van der Waals surface area contributed by atoms with Crippen LogP contribution in [0.5, 0.6) is 0 Å². The Morgan fingerprint density at radius 2 is 2.04 bits per heavy atom. The summed E-state index contributed by atoms with van der Waals surface area (Å²) in [6, 6.07) is 3.44. The molecule has 0 aliphatic heterocycles. The first-order valence-corrected chi connectivity index (χ1v) is 6.92. The second-order valence-corrected chi connectivity index (χ2v) is 4.87. The normalized spacial score (nSPS) is 12.6. The van der Waals surface area contributed by atoms with Crippen LogP contribution in [-0.4, -0.2) is 36.7 Å². The Bertz CT molecular complexity index is 546. The molecule has 0 bridgehead atoms. The van der Waals surface area contributed by atoms with Crippen molar-refractivity contribution in [2.45, 2.75) is 31.5 Å². The van der Waals surface area contributed by atoms with E-state index in [0.29, 0.717) is 0 Å². The minimum Gasteiger partial charge on any atom is -0.467 e. The molecule has 1 aromatic rings. The Hall–Kier alpha value is -2.09. The fraction of sp³-hybridized carbons (Fsp3) is 0.467. The number of aliphatic hydroxyl groups is 1. The van der Waals surface area contributed by atoms with Gasteiger partial charge in [-0.05, 0) is 18.1 Å². The Labute approximate surface area is 131 Å². The van der Waals surface area contributed by atoms with Crippen molar-refractivity contribution in [3.63, 3.8) is 0 Å². The Morgan fingerprint density at radius 3 is 2.61 bits per heavy atom. The van der Waals surface area contributed by atoms with Gasteiger partial charge in [0.15, 0.2) is 0 Å². The summed E-state index contributed by atoms with van der Waals surface area (Å²) in [4.78, 5) is 23.3. The van der Waals surface area contributed by atoms with Crippen LogP contribution in [0.25, 0.3) is 0 Å². The van der Waals surface area contributed by atoms with E-state index >= 15 is 0 Å². The summed E-state index contributed by atoms with van der Waals surface area (Å²) in [6.07, 6.45) is -4.38. The molecular weight excluding hydrogens is 315 g/mol. The van der Waals surface area contributed by atoms with E-state index in [1.807, 2.05) is 0 Å². The van der Waals surface area contributed by atoms with Crippen LogP contribution in [0.4, 0.5) is 13.2 Å². The summed E-state index contributed by atoms with van der Waals surface area (Å²) >= 11 is 0. The van der Waals surface area contributed by atoms with Gasteiger partial charge in [-0.25, -0.2) is 4.79 Å². The van der Waals surface area contributed by atoms with Crippen LogP contribution in [0.2, 0.25) is 0 Å². The zero-order valence-corrected chi connectivity index (χ0v) is 12.5. The van der Waals surface area contributed by atoms with Crippen LogP contribution in [-0.2, 0) is 26.9 Å². The van der Waals surface area contributed by atoms with Gasteiger partial charge < -0.3 is 15.2 Å². The molecule has 2 N–H and O–H groups in total. The number of hydrogen-bond donors (Lipinski definition) is 2. The molecule has 1 rings (SSSR count). The lowest BCUT2D eigenvalue weighted by molar-refractivity contribution is -0.145. The second kappa shape index (κ2) is 8.52. The maximum Gasteiger partial charge on any atom is 0.416 e. The minimum atomic E-state index is -4.48. The Balaban J connectivity index is 2.85. The molecule has 128 valence electrons. The van der Waals surface area contributed by atoms with E-state index in [0.717, 1.165) is 19.2 Å². The molecule has 1 amide bonds. The van der Waals surface area contributed by atoms with Crippen molar-refractivity contribution in [3.8, 4) is 0 Å². The highest BCUT2D eigenvalue weighted by Gasteiger charge is 2.31. The van der Waals surface area contributed by atoms with Gasteiger partial charge in [-0.1, -0.05) is 18.2 Å². The molecule has 0 fully saturated rings. The van der Waals surface area contributed by atoms with Crippen LogP contribution in [0.1, 0.15) is 24.0 Å². The fourth-order valence-electron chi connectivity index (χ4n) is 1.95. The lowest BCUT2D eigenvalue weighted by Crippen LogP contribution is -2.43. The van der Waals surface area contributed by atoms with Crippen LogP contribution in [0.15, 0.2) is 24.3 Å². The van der Waals surface area contributed by atoms with Crippen LogP contribution in [0.3, 0.4) is 0 Å². The topological polar surface area (TPSA) is 75.6 Å². The SMILES string of the molecule is COC(=O)[C@@H](Cc1cccc(C(F)(F)F)c1)NC(=O)CCCO. The number of amides is 1. The first-order chi connectivity index (χ1) is 10.8. The lowest BCUT2D eigenvalue weighted by atomic mass is 10.0. The van der Waals surface area contributed by atoms with Crippen LogP contribution < -0.4 is 5.32 Å². The Kier molecular flexibility index (Phi) is 7.02. The molecule has 1 atom stereocenters. The first-order valence-electron chi connectivity index (χ1n) is 6.92. The molecule has 0 saturated heterocycles. The number of carbonyl (C=O) groups is 2. The molecule has 0 aliphatic rings. The highest BCUT2D eigenvalue weighted by atomic mass is 19.4. The third-order valence-corrected chi connectivity index (χ3v) is 3.08. The number of halogens is 3. The van der Waals surface area contributed by atoms with Crippen molar-refractivity contribution in [3.05, 3.63) is 35.4 Å². The second-order valence-electron chi connectivity index (χ2n) is 4.87. The van der Waals surface area contributed by atoms with Crippen molar-refractivity contribution in [1.29, 1.82) is 0 Å². The molecule has 5 nitrogen and oxygen atoms in total. The summed E-state index contributed by atoms with van der Waals surface area (Å²) in [5.41, 5.74) is -0.581. The zero-order chi connectivity index (χ0) is 17.5. The average Bonchev–Trinajstić information content (AvgIpc) is 2.51. The number of carbonyl (C=O) groups excluding carboxylic acids is 2. The van der Waals surface area contributed by atoms with Gasteiger partial charge in [-0.15, -0.1) is 0 Å². The zero-order valence-electron chi connectivity index (χ0n) is 12.5. The number of ether oxygens (including phenoxy) is 1. The van der Waals surface area contributed by atoms with Gasteiger partial charge in [-0.2, -0.15) is 13.2 Å². The quantitative estimate of drug-likeness (QED) is 0.745. The van der Waals surface area contributed by atoms with E-state index in [-0.39, 0.29) is 31.4 Å². The molecule has 0 aliphatic carbocycles. The standard InChI is InChI=1S/C15H18F3NO4/c1-23-14(22)12(19-13(21)6-3-7-20)9-10-4-2-5-11(8-10)15(16,17)18/h2,4-5,8,12,20H,3,6-7,9H2,1H3,(H,19,21)/t12-/m1/s1. The number of alkyl halides is 3. The monoisotopic (exact) mass is 333 g/mol. The van der Waals surface area contributed by atoms with E-state index in [9.17, 15) is 22.8 Å². The van der Waals surface area contributed by atoms with Crippen molar-refractivity contribution in [2.24, 2.45) is 0 Å². The summed E-state index contributed by atoms with van der Waals surface area (Å²) < 4.78 is 42.6. The van der Waals surface area contributed by atoms with Crippen LogP contribution >= 0.6 is 0 Å². The van der Waals surface area contributed by atoms with Gasteiger partial charge in [0.05, 0.1) is 12.7 Å². The maximum absolute atomic E-state index is 12.7. The predicted molar refractivity (Wildman–Crippen MR) is 75.4 cm³/mol.